The van der Waals surface area contributed by atoms with E-state index in [2.05, 4.69) is 20.5 Å². The molecule has 3 aromatic heterocycles. The lowest BCUT2D eigenvalue weighted by Gasteiger charge is -2.19. The summed E-state index contributed by atoms with van der Waals surface area (Å²) in [7, 11) is 0. The van der Waals surface area contributed by atoms with E-state index in [9.17, 15) is 13.6 Å². The number of benzene rings is 3. The fourth-order valence-corrected chi connectivity index (χ4v) is 4.77. The van der Waals surface area contributed by atoms with Gasteiger partial charge in [0.1, 0.15) is 23.8 Å². The maximum Gasteiger partial charge on any atom is 0.251 e. The first kappa shape index (κ1) is 25.3. The second-order valence-corrected chi connectivity index (χ2v) is 9.54. The van der Waals surface area contributed by atoms with Gasteiger partial charge in [0, 0.05) is 41.0 Å². The number of rotatable bonds is 7. The minimum atomic E-state index is -0.562. The Morgan fingerprint density at radius 3 is 2.52 bits per heavy atom. The van der Waals surface area contributed by atoms with Gasteiger partial charge in [-0.2, -0.15) is 4.68 Å². The molecule has 0 aliphatic heterocycles. The van der Waals surface area contributed by atoms with Crippen LogP contribution in [0, 0.1) is 11.6 Å². The summed E-state index contributed by atoms with van der Waals surface area (Å²) in [5, 5.41) is 11.8. The molecule has 0 saturated carbocycles. The summed E-state index contributed by atoms with van der Waals surface area (Å²) < 4.78 is 30.5. The lowest BCUT2D eigenvalue weighted by Crippen LogP contribution is -2.27. The second kappa shape index (κ2) is 10.7. The second-order valence-electron chi connectivity index (χ2n) is 9.10. The van der Waals surface area contributed by atoms with Gasteiger partial charge in [0.15, 0.2) is 0 Å². The highest BCUT2D eigenvalue weighted by atomic mass is 35.5. The number of imidazole rings is 1. The van der Waals surface area contributed by atoms with Crippen LogP contribution in [-0.2, 0) is 6.42 Å². The van der Waals surface area contributed by atoms with Crippen molar-refractivity contribution in [1.29, 1.82) is 0 Å². The van der Waals surface area contributed by atoms with E-state index in [1.54, 1.807) is 65.5 Å². The van der Waals surface area contributed by atoms with Gasteiger partial charge in [-0.05, 0) is 70.1 Å². The predicted molar refractivity (Wildman–Crippen MR) is 146 cm³/mol. The number of nitrogens with one attached hydrogen (secondary N) is 1. The van der Waals surface area contributed by atoms with Crippen LogP contribution >= 0.6 is 11.6 Å². The van der Waals surface area contributed by atoms with E-state index in [0.29, 0.717) is 45.3 Å². The molecule has 0 saturated heterocycles. The van der Waals surface area contributed by atoms with Crippen molar-refractivity contribution in [3.8, 4) is 28.1 Å². The third kappa shape index (κ3) is 5.16. The van der Waals surface area contributed by atoms with Crippen LogP contribution in [-0.4, -0.2) is 34.7 Å². The predicted octanol–water partition coefficient (Wildman–Crippen LogP) is 5.64. The standard InChI is InChI=1S/C29H20ClF2N7O/c30-21-6-9-26(39-17-34-36-37-39)24(15-21)19-10-11-38(28(40)14-19)27(12-18-4-7-22(31)8-5-18)29-33-16-25(35-29)20-2-1-3-23(32)13-20/h1-11,13-17,27H,12H2,(H,33,35). The molecule has 1 unspecified atom stereocenters. The summed E-state index contributed by atoms with van der Waals surface area (Å²) >= 11 is 6.29. The normalized spacial score (nSPS) is 12.0. The maximum absolute atomic E-state index is 13.8. The minimum Gasteiger partial charge on any atom is -0.346 e. The molecule has 3 heterocycles. The monoisotopic (exact) mass is 555 g/mol. The molecule has 6 rings (SSSR count). The summed E-state index contributed by atoms with van der Waals surface area (Å²) in [6, 6.07) is 20.2. The van der Waals surface area contributed by atoms with Crippen molar-refractivity contribution in [2.45, 2.75) is 12.5 Å². The number of tetrazole rings is 1. The van der Waals surface area contributed by atoms with Crippen molar-refractivity contribution in [2.75, 3.05) is 0 Å². The summed E-state index contributed by atoms with van der Waals surface area (Å²) in [5.41, 5.74) is 3.59. The Morgan fingerprint density at radius 1 is 0.925 bits per heavy atom. The molecule has 0 aliphatic rings. The zero-order chi connectivity index (χ0) is 27.6. The molecule has 0 fully saturated rings. The van der Waals surface area contributed by atoms with E-state index in [-0.39, 0.29) is 17.2 Å². The van der Waals surface area contributed by atoms with E-state index in [1.165, 1.54) is 41.3 Å². The van der Waals surface area contributed by atoms with Crippen LogP contribution < -0.4 is 5.56 Å². The minimum absolute atomic E-state index is 0.295. The average Bonchev–Trinajstić information content (AvgIpc) is 3.66. The third-order valence-corrected chi connectivity index (χ3v) is 6.76. The topological polar surface area (TPSA) is 94.3 Å². The van der Waals surface area contributed by atoms with Crippen molar-refractivity contribution in [3.05, 3.63) is 136 Å². The van der Waals surface area contributed by atoms with Gasteiger partial charge in [-0.25, -0.2) is 13.8 Å². The van der Waals surface area contributed by atoms with Crippen molar-refractivity contribution in [2.24, 2.45) is 0 Å². The van der Waals surface area contributed by atoms with Crippen LogP contribution in [0.2, 0.25) is 5.02 Å². The van der Waals surface area contributed by atoms with E-state index < -0.39 is 6.04 Å². The summed E-state index contributed by atoms with van der Waals surface area (Å²) in [6.45, 7) is 0. The molecular formula is C29H20ClF2N7O. The number of aromatic nitrogens is 7. The SMILES string of the molecule is O=c1cc(-c2cc(Cl)ccc2-n2cnnn2)ccn1C(Cc1ccc(F)cc1)c1nc(-c2cccc(F)c2)c[nH]1. The maximum atomic E-state index is 13.8. The first-order valence-corrected chi connectivity index (χ1v) is 12.6. The van der Waals surface area contributed by atoms with Gasteiger partial charge in [-0.1, -0.05) is 35.9 Å². The van der Waals surface area contributed by atoms with Gasteiger partial charge >= 0.3 is 0 Å². The fourth-order valence-electron chi connectivity index (χ4n) is 4.60. The molecule has 1 N–H and O–H groups in total. The van der Waals surface area contributed by atoms with Crippen LogP contribution in [0.3, 0.4) is 0 Å². The van der Waals surface area contributed by atoms with Crippen LogP contribution in [0.1, 0.15) is 17.4 Å². The molecule has 3 aromatic carbocycles. The average molecular weight is 556 g/mol. The molecule has 6 aromatic rings. The van der Waals surface area contributed by atoms with Gasteiger partial charge < -0.3 is 9.55 Å². The van der Waals surface area contributed by atoms with Crippen molar-refractivity contribution in [1.82, 2.24) is 34.7 Å². The number of aromatic amines is 1. The third-order valence-electron chi connectivity index (χ3n) is 6.53. The van der Waals surface area contributed by atoms with Crippen LogP contribution in [0.15, 0.2) is 102 Å². The lowest BCUT2D eigenvalue weighted by molar-refractivity contribution is 0.536. The number of pyridine rings is 1. The Bertz CT molecular complexity index is 1850. The van der Waals surface area contributed by atoms with Crippen molar-refractivity contribution >= 4 is 11.6 Å². The number of hydrogen-bond acceptors (Lipinski definition) is 5. The van der Waals surface area contributed by atoms with E-state index >= 15 is 0 Å². The molecule has 0 spiro atoms. The van der Waals surface area contributed by atoms with Crippen LogP contribution in [0.4, 0.5) is 8.78 Å². The summed E-state index contributed by atoms with van der Waals surface area (Å²) in [5.74, 6) is -0.234. The highest BCUT2D eigenvalue weighted by Crippen LogP contribution is 2.30. The lowest BCUT2D eigenvalue weighted by atomic mass is 10.0. The number of halogens is 3. The quantitative estimate of drug-likeness (QED) is 0.275. The first-order valence-electron chi connectivity index (χ1n) is 12.3. The molecule has 40 heavy (non-hydrogen) atoms. The number of H-pyrrole nitrogens is 1. The summed E-state index contributed by atoms with van der Waals surface area (Å²) in [4.78, 5) is 21.5. The van der Waals surface area contributed by atoms with E-state index in [0.717, 1.165) is 5.56 Å². The molecule has 1 atom stereocenters. The summed E-state index contributed by atoms with van der Waals surface area (Å²) in [6.07, 6.45) is 5.16. The number of nitrogens with zero attached hydrogens (tertiary/aromatic N) is 6. The van der Waals surface area contributed by atoms with Crippen LogP contribution in [0.5, 0.6) is 0 Å². The molecular weight excluding hydrogens is 536 g/mol. The van der Waals surface area contributed by atoms with Gasteiger partial charge in [0.25, 0.3) is 5.56 Å². The fraction of sp³-hybridized carbons (Fsp3) is 0.0690. The van der Waals surface area contributed by atoms with Gasteiger partial charge in [-0.15, -0.1) is 5.10 Å². The molecule has 0 amide bonds. The first-order chi connectivity index (χ1) is 19.4. The van der Waals surface area contributed by atoms with Gasteiger partial charge in [0.05, 0.1) is 17.4 Å². The molecule has 8 nitrogen and oxygen atoms in total. The Labute approximate surface area is 231 Å². The highest BCUT2D eigenvalue weighted by molar-refractivity contribution is 6.31. The molecule has 198 valence electrons. The Morgan fingerprint density at radius 2 is 1.77 bits per heavy atom. The zero-order valence-electron chi connectivity index (χ0n) is 20.7. The zero-order valence-corrected chi connectivity index (χ0v) is 21.5. The Balaban J connectivity index is 1.42. The molecule has 0 bridgehead atoms. The van der Waals surface area contributed by atoms with Crippen molar-refractivity contribution in [3.63, 3.8) is 0 Å². The molecule has 0 aliphatic carbocycles. The smallest absolute Gasteiger partial charge is 0.251 e. The molecule has 0 radical (unpaired) electrons. The Kier molecular flexibility index (Phi) is 6.75. The Hall–Kier alpha value is -4.96. The van der Waals surface area contributed by atoms with Gasteiger partial charge in [-0.3, -0.25) is 4.79 Å². The van der Waals surface area contributed by atoms with Crippen molar-refractivity contribution < 1.29 is 8.78 Å². The largest absolute Gasteiger partial charge is 0.346 e. The van der Waals surface area contributed by atoms with Crippen LogP contribution in [0.25, 0.3) is 28.1 Å². The van der Waals surface area contributed by atoms with E-state index in [1.807, 2.05) is 0 Å². The number of hydrogen-bond donors (Lipinski definition) is 1. The van der Waals surface area contributed by atoms with E-state index in [4.69, 9.17) is 16.6 Å². The highest BCUT2D eigenvalue weighted by Gasteiger charge is 2.21. The molecule has 11 heteroatoms. The van der Waals surface area contributed by atoms with Gasteiger partial charge in [0.2, 0.25) is 0 Å².